The lowest BCUT2D eigenvalue weighted by atomic mass is 10.3. The summed E-state index contributed by atoms with van der Waals surface area (Å²) < 4.78 is 0. The maximum absolute atomic E-state index is 3.97. The molecule has 66 valence electrons. The van der Waals surface area contributed by atoms with E-state index in [-0.39, 0.29) is 0 Å². The lowest BCUT2D eigenvalue weighted by Crippen LogP contribution is -1.73. The summed E-state index contributed by atoms with van der Waals surface area (Å²) in [6.45, 7) is 2.11. The van der Waals surface area contributed by atoms with E-state index in [9.17, 15) is 0 Å². The van der Waals surface area contributed by atoms with Gasteiger partial charge in [-0.25, -0.2) is 0 Å². The Morgan fingerprint density at radius 1 is 1.62 bits per heavy atom. The molecule has 0 N–H and O–H groups in total. The molecule has 1 nitrogen and oxygen atoms in total. The Morgan fingerprint density at radius 3 is 3.23 bits per heavy atom. The summed E-state index contributed by atoms with van der Waals surface area (Å²) in [5, 5.41) is 2.00. The minimum absolute atomic E-state index is 0.952. The van der Waals surface area contributed by atoms with Gasteiger partial charge in [0.2, 0.25) is 0 Å². The van der Waals surface area contributed by atoms with Crippen LogP contribution in [0.5, 0.6) is 0 Å². The average molecular weight is 189 g/mol. The van der Waals surface area contributed by atoms with Gasteiger partial charge in [0.25, 0.3) is 0 Å². The van der Waals surface area contributed by atoms with E-state index in [1.807, 2.05) is 23.6 Å². The Kier molecular flexibility index (Phi) is 4.81. The molecule has 0 saturated carbocycles. The van der Waals surface area contributed by atoms with Crippen molar-refractivity contribution in [1.29, 1.82) is 0 Å². The number of allylic oxidation sites excluding steroid dienone is 1. The molecule has 0 radical (unpaired) electrons. The van der Waals surface area contributed by atoms with Gasteiger partial charge in [0.05, 0.1) is 0 Å². The van der Waals surface area contributed by atoms with E-state index < -0.39 is 0 Å². The fraction of sp³-hybridized carbons (Fsp3) is 0.182. The predicted molar refractivity (Wildman–Crippen MR) is 58.4 cm³/mol. The number of hydrogen-bond acceptors (Lipinski definition) is 2. The monoisotopic (exact) mass is 189 g/mol. The predicted octanol–water partition coefficient (Wildman–Crippen LogP) is 2.70. The van der Waals surface area contributed by atoms with Crippen molar-refractivity contribution >= 4 is 11.8 Å². The maximum atomic E-state index is 3.97. The molecule has 1 aromatic rings. The van der Waals surface area contributed by atoms with Crippen LogP contribution in [0.15, 0.2) is 36.0 Å². The van der Waals surface area contributed by atoms with Gasteiger partial charge < -0.3 is 0 Å². The maximum Gasteiger partial charge on any atom is 0.0432 e. The molecule has 0 amide bonds. The lowest BCUT2D eigenvalue weighted by molar-refractivity contribution is 1.31. The molecule has 1 heterocycles. The number of nitrogens with zero attached hydrogens (tertiary/aromatic N) is 1. The van der Waals surface area contributed by atoms with Gasteiger partial charge in [0.1, 0.15) is 0 Å². The second-order valence-corrected chi connectivity index (χ2v) is 3.45. The molecule has 0 aromatic carbocycles. The molecule has 0 atom stereocenters. The molecule has 2 heteroatoms. The van der Waals surface area contributed by atoms with Crippen molar-refractivity contribution in [3.63, 3.8) is 0 Å². The van der Waals surface area contributed by atoms with Gasteiger partial charge in [0, 0.05) is 18.0 Å². The highest BCUT2D eigenvalue weighted by molar-refractivity contribution is 8.02. The summed E-state index contributed by atoms with van der Waals surface area (Å²) in [5.41, 5.74) is 0.952. The molecule has 0 aliphatic rings. The fourth-order valence-corrected chi connectivity index (χ4v) is 1.10. The van der Waals surface area contributed by atoms with Crippen LogP contribution in [-0.2, 0) is 0 Å². The van der Waals surface area contributed by atoms with E-state index in [0.717, 1.165) is 11.3 Å². The van der Waals surface area contributed by atoms with E-state index in [0.29, 0.717) is 0 Å². The first-order valence-corrected chi connectivity index (χ1v) is 5.16. The normalized spacial score (nSPS) is 9.62. The summed E-state index contributed by atoms with van der Waals surface area (Å²) in [6.07, 6.45) is 5.36. The third kappa shape index (κ3) is 4.39. The van der Waals surface area contributed by atoms with Gasteiger partial charge in [-0.2, -0.15) is 0 Å². The number of thioether (sulfide) groups is 1. The van der Waals surface area contributed by atoms with Crippen LogP contribution in [0.4, 0.5) is 0 Å². The molecule has 1 aromatic heterocycles. The van der Waals surface area contributed by atoms with Crippen LogP contribution in [0.25, 0.3) is 0 Å². The van der Waals surface area contributed by atoms with Crippen molar-refractivity contribution < 1.29 is 0 Å². The molecule has 0 aliphatic heterocycles. The third-order valence-electron chi connectivity index (χ3n) is 1.29. The molecule has 0 aliphatic carbocycles. The summed E-state index contributed by atoms with van der Waals surface area (Å²) in [7, 11) is 0. The minimum atomic E-state index is 0.952. The number of hydrogen-bond donors (Lipinski definition) is 0. The molecule has 0 unspecified atom stereocenters. The van der Waals surface area contributed by atoms with Crippen molar-refractivity contribution in [1.82, 2.24) is 4.98 Å². The van der Waals surface area contributed by atoms with Crippen molar-refractivity contribution in [2.24, 2.45) is 0 Å². The summed E-state index contributed by atoms with van der Waals surface area (Å²) in [6, 6.07) is 3.83. The van der Waals surface area contributed by atoms with Crippen molar-refractivity contribution in [2.45, 2.75) is 6.92 Å². The minimum Gasteiger partial charge on any atom is -0.263 e. The quantitative estimate of drug-likeness (QED) is 0.663. The van der Waals surface area contributed by atoms with Crippen LogP contribution in [0, 0.1) is 11.8 Å². The first kappa shape index (κ1) is 9.88. The second-order valence-electron chi connectivity index (χ2n) is 2.27. The number of aromatic nitrogens is 1. The van der Waals surface area contributed by atoms with E-state index in [1.54, 1.807) is 24.2 Å². The molecule has 0 saturated heterocycles. The van der Waals surface area contributed by atoms with Crippen LogP contribution >= 0.6 is 11.8 Å². The van der Waals surface area contributed by atoms with Gasteiger partial charge in [-0.05, 0) is 29.4 Å². The Hall–Kier alpha value is -1.20. The highest BCUT2D eigenvalue weighted by Crippen LogP contribution is 1.98. The van der Waals surface area contributed by atoms with E-state index in [2.05, 4.69) is 23.7 Å². The molecule has 0 fully saturated rings. The molecular weight excluding hydrogens is 178 g/mol. The second kappa shape index (κ2) is 6.33. The van der Waals surface area contributed by atoms with Crippen LogP contribution < -0.4 is 0 Å². The van der Waals surface area contributed by atoms with E-state index >= 15 is 0 Å². The van der Waals surface area contributed by atoms with Crippen LogP contribution in [0.3, 0.4) is 0 Å². The number of rotatable bonds is 2. The topological polar surface area (TPSA) is 12.9 Å². The third-order valence-corrected chi connectivity index (χ3v) is 1.95. The van der Waals surface area contributed by atoms with Gasteiger partial charge >= 0.3 is 0 Å². The van der Waals surface area contributed by atoms with Crippen LogP contribution in [-0.4, -0.2) is 10.7 Å². The molecule has 0 spiro atoms. The molecule has 13 heavy (non-hydrogen) atoms. The largest absolute Gasteiger partial charge is 0.263 e. The molecule has 1 rings (SSSR count). The Labute approximate surface area is 83.3 Å². The zero-order valence-electron chi connectivity index (χ0n) is 7.53. The van der Waals surface area contributed by atoms with Crippen LogP contribution in [0.2, 0.25) is 0 Å². The first-order chi connectivity index (χ1) is 6.43. The van der Waals surface area contributed by atoms with Gasteiger partial charge in [-0.3, -0.25) is 4.98 Å². The summed E-state index contributed by atoms with van der Waals surface area (Å²) in [5.74, 6) is 7.02. The van der Waals surface area contributed by atoms with Crippen molar-refractivity contribution in [3.8, 4) is 11.8 Å². The zero-order valence-corrected chi connectivity index (χ0v) is 8.34. The standard InChI is InChI=1S/C11H11NS/c1-2-13-9-4-3-6-11-7-5-8-12-10-11/h4-5,7-10H,2H2,1H3/b9-4+. The Bertz CT molecular complexity index is 319. The smallest absolute Gasteiger partial charge is 0.0432 e. The highest BCUT2D eigenvalue weighted by Gasteiger charge is 1.79. The average Bonchev–Trinajstić information content (AvgIpc) is 2.19. The van der Waals surface area contributed by atoms with E-state index in [4.69, 9.17) is 0 Å². The SMILES string of the molecule is CCS/C=C/C#Cc1cccnc1. The Morgan fingerprint density at radius 2 is 2.54 bits per heavy atom. The Balaban J connectivity index is 2.49. The molecular formula is C11H11NS. The first-order valence-electron chi connectivity index (χ1n) is 4.11. The van der Waals surface area contributed by atoms with Gasteiger partial charge in [-0.15, -0.1) is 11.8 Å². The van der Waals surface area contributed by atoms with Gasteiger partial charge in [-0.1, -0.05) is 18.8 Å². The van der Waals surface area contributed by atoms with Crippen LogP contribution in [0.1, 0.15) is 12.5 Å². The fourth-order valence-electron chi connectivity index (χ4n) is 0.740. The van der Waals surface area contributed by atoms with Crippen molar-refractivity contribution in [3.05, 3.63) is 41.6 Å². The van der Waals surface area contributed by atoms with E-state index in [1.165, 1.54) is 0 Å². The summed E-state index contributed by atoms with van der Waals surface area (Å²) >= 11 is 1.74. The molecule has 0 bridgehead atoms. The van der Waals surface area contributed by atoms with Crippen molar-refractivity contribution in [2.75, 3.05) is 5.75 Å². The van der Waals surface area contributed by atoms with Gasteiger partial charge in [0.15, 0.2) is 0 Å². The number of pyridine rings is 1. The summed E-state index contributed by atoms with van der Waals surface area (Å²) in [4.78, 5) is 3.97. The zero-order chi connectivity index (χ0) is 9.36. The lowest BCUT2D eigenvalue weighted by Gasteiger charge is -1.84. The highest BCUT2D eigenvalue weighted by atomic mass is 32.2.